The normalized spacial score (nSPS) is 17.9. The van der Waals surface area contributed by atoms with Gasteiger partial charge in [0.05, 0.1) is 12.0 Å². The van der Waals surface area contributed by atoms with Gasteiger partial charge in [0.2, 0.25) is 15.9 Å². The Labute approximate surface area is 174 Å². The van der Waals surface area contributed by atoms with Crippen LogP contribution in [0.4, 0.5) is 0 Å². The smallest absolute Gasteiger partial charge is 0.243 e. The second-order valence-corrected chi connectivity index (χ2v) is 9.42. The van der Waals surface area contributed by atoms with Gasteiger partial charge in [0.1, 0.15) is 11.8 Å². The van der Waals surface area contributed by atoms with Crippen molar-refractivity contribution in [1.82, 2.24) is 9.62 Å². The minimum absolute atomic E-state index is 0.195. The van der Waals surface area contributed by atoms with E-state index in [1.807, 2.05) is 24.3 Å². The molecule has 1 atom stereocenters. The van der Waals surface area contributed by atoms with Crippen molar-refractivity contribution in [3.8, 4) is 5.75 Å². The van der Waals surface area contributed by atoms with Crippen LogP contribution in [0.25, 0.3) is 0 Å². The molecular weight excluding hydrogens is 444 g/mol. The molecule has 1 aliphatic rings. The van der Waals surface area contributed by atoms with Crippen molar-refractivity contribution in [3.05, 3.63) is 58.6 Å². The number of nitrogens with one attached hydrogen (secondary N) is 1. The molecule has 0 spiro atoms. The molecule has 1 unspecified atom stereocenters. The van der Waals surface area contributed by atoms with E-state index >= 15 is 0 Å². The van der Waals surface area contributed by atoms with Crippen LogP contribution in [0.15, 0.2) is 57.9 Å². The van der Waals surface area contributed by atoms with Crippen LogP contribution < -0.4 is 10.1 Å². The highest BCUT2D eigenvalue weighted by Crippen LogP contribution is 2.27. The highest BCUT2D eigenvalue weighted by atomic mass is 79.9. The van der Waals surface area contributed by atoms with E-state index in [-0.39, 0.29) is 17.3 Å². The van der Waals surface area contributed by atoms with E-state index in [2.05, 4.69) is 21.2 Å². The van der Waals surface area contributed by atoms with Crippen molar-refractivity contribution in [2.24, 2.45) is 0 Å². The van der Waals surface area contributed by atoms with Crippen molar-refractivity contribution < 1.29 is 17.9 Å². The Morgan fingerprint density at radius 1 is 1.18 bits per heavy atom. The van der Waals surface area contributed by atoms with Crippen LogP contribution >= 0.6 is 15.9 Å². The molecule has 150 valence electrons. The summed E-state index contributed by atoms with van der Waals surface area (Å²) in [5, 5.41) is 2.87. The summed E-state index contributed by atoms with van der Waals surface area (Å²) in [6.07, 6.45) is 2.07. The standard InChI is InChI=1S/C20H23BrN2O4S/c1-27-19-8-3-2-6-15(19)14-22-20(24)18-7-4-5-13-23(18)28(25,26)17-11-9-16(21)10-12-17/h2-3,6,8-12,18H,4-5,7,13-14H2,1H3,(H,22,24). The third-order valence-corrected chi connectivity index (χ3v) is 7.27. The van der Waals surface area contributed by atoms with Gasteiger partial charge in [0.25, 0.3) is 0 Å². The molecule has 0 radical (unpaired) electrons. The van der Waals surface area contributed by atoms with Gasteiger partial charge in [-0.15, -0.1) is 0 Å². The molecule has 0 bridgehead atoms. The molecule has 1 fully saturated rings. The lowest BCUT2D eigenvalue weighted by molar-refractivity contribution is -0.125. The summed E-state index contributed by atoms with van der Waals surface area (Å²) in [5.41, 5.74) is 0.844. The summed E-state index contributed by atoms with van der Waals surface area (Å²) in [6, 6.07) is 13.2. The number of benzene rings is 2. The molecule has 6 nitrogen and oxygen atoms in total. The second-order valence-electron chi connectivity index (χ2n) is 6.61. The predicted molar refractivity (Wildman–Crippen MR) is 111 cm³/mol. The van der Waals surface area contributed by atoms with Crippen molar-refractivity contribution in [1.29, 1.82) is 0 Å². The van der Waals surface area contributed by atoms with Crippen molar-refractivity contribution in [2.75, 3.05) is 13.7 Å². The maximum absolute atomic E-state index is 13.1. The molecule has 0 saturated carbocycles. The lowest BCUT2D eigenvalue weighted by atomic mass is 10.0. The molecule has 1 N–H and O–H groups in total. The first kappa shape index (κ1) is 20.8. The number of nitrogens with zero attached hydrogens (tertiary/aromatic N) is 1. The summed E-state index contributed by atoms with van der Waals surface area (Å²) in [7, 11) is -2.16. The average molecular weight is 467 g/mol. The van der Waals surface area contributed by atoms with Crippen LogP contribution in [0.3, 0.4) is 0 Å². The van der Waals surface area contributed by atoms with E-state index in [1.165, 1.54) is 4.31 Å². The monoisotopic (exact) mass is 466 g/mol. The van der Waals surface area contributed by atoms with Crippen LogP contribution in [-0.4, -0.2) is 38.3 Å². The van der Waals surface area contributed by atoms with E-state index in [4.69, 9.17) is 4.74 Å². The van der Waals surface area contributed by atoms with E-state index in [0.29, 0.717) is 18.7 Å². The lowest BCUT2D eigenvalue weighted by Crippen LogP contribution is -2.51. The molecule has 1 amide bonds. The van der Waals surface area contributed by atoms with Crippen molar-refractivity contribution in [2.45, 2.75) is 36.7 Å². The number of piperidine rings is 1. The fraction of sp³-hybridized carbons (Fsp3) is 0.350. The first-order valence-electron chi connectivity index (χ1n) is 9.10. The van der Waals surface area contributed by atoms with E-state index in [9.17, 15) is 13.2 Å². The van der Waals surface area contributed by atoms with Gasteiger partial charge >= 0.3 is 0 Å². The third-order valence-electron chi connectivity index (χ3n) is 4.82. The largest absolute Gasteiger partial charge is 0.496 e. The number of sulfonamides is 1. The number of amides is 1. The maximum atomic E-state index is 13.1. The zero-order valence-electron chi connectivity index (χ0n) is 15.6. The first-order chi connectivity index (χ1) is 13.4. The number of para-hydroxylation sites is 1. The number of rotatable bonds is 6. The quantitative estimate of drug-likeness (QED) is 0.708. The number of carbonyl (C=O) groups excluding carboxylic acids is 1. The fourth-order valence-electron chi connectivity index (χ4n) is 3.35. The lowest BCUT2D eigenvalue weighted by Gasteiger charge is -2.33. The summed E-state index contributed by atoms with van der Waals surface area (Å²) in [5.74, 6) is 0.400. The van der Waals surface area contributed by atoms with Crippen LogP contribution in [0.5, 0.6) is 5.75 Å². The summed E-state index contributed by atoms with van der Waals surface area (Å²) in [4.78, 5) is 13.0. The van der Waals surface area contributed by atoms with E-state index in [1.54, 1.807) is 31.4 Å². The zero-order valence-corrected chi connectivity index (χ0v) is 18.0. The van der Waals surface area contributed by atoms with Gasteiger partial charge in [-0.3, -0.25) is 4.79 Å². The Kier molecular flexibility index (Phi) is 6.74. The summed E-state index contributed by atoms with van der Waals surface area (Å²) >= 11 is 3.31. The van der Waals surface area contributed by atoms with Gasteiger partial charge in [0, 0.05) is 23.1 Å². The van der Waals surface area contributed by atoms with Gasteiger partial charge < -0.3 is 10.1 Å². The number of halogens is 1. The minimum Gasteiger partial charge on any atom is -0.496 e. The van der Waals surface area contributed by atoms with Crippen LogP contribution in [0.1, 0.15) is 24.8 Å². The van der Waals surface area contributed by atoms with Gasteiger partial charge in [-0.2, -0.15) is 4.31 Å². The highest BCUT2D eigenvalue weighted by Gasteiger charge is 2.37. The zero-order chi connectivity index (χ0) is 20.1. The minimum atomic E-state index is -3.74. The Morgan fingerprint density at radius 2 is 1.89 bits per heavy atom. The molecule has 2 aromatic rings. The summed E-state index contributed by atoms with van der Waals surface area (Å²) in [6.45, 7) is 0.622. The van der Waals surface area contributed by atoms with Crippen LogP contribution in [0.2, 0.25) is 0 Å². The second kappa shape index (κ2) is 9.07. The molecule has 0 aliphatic carbocycles. The van der Waals surface area contributed by atoms with E-state index in [0.717, 1.165) is 22.9 Å². The van der Waals surface area contributed by atoms with Gasteiger partial charge in [0.15, 0.2) is 0 Å². The topological polar surface area (TPSA) is 75.7 Å². The third kappa shape index (κ3) is 4.56. The van der Waals surface area contributed by atoms with Gasteiger partial charge in [-0.1, -0.05) is 40.5 Å². The number of hydrogen-bond acceptors (Lipinski definition) is 4. The Hall–Kier alpha value is -1.90. The number of ether oxygens (including phenoxy) is 1. The van der Waals surface area contributed by atoms with Crippen molar-refractivity contribution >= 4 is 31.9 Å². The fourth-order valence-corrected chi connectivity index (χ4v) is 5.27. The Balaban J connectivity index is 1.77. The van der Waals surface area contributed by atoms with E-state index < -0.39 is 16.1 Å². The summed E-state index contributed by atoms with van der Waals surface area (Å²) < 4.78 is 33.6. The molecule has 1 saturated heterocycles. The molecule has 8 heteroatoms. The highest BCUT2D eigenvalue weighted by molar-refractivity contribution is 9.10. The first-order valence-corrected chi connectivity index (χ1v) is 11.3. The molecule has 0 aromatic heterocycles. The van der Waals surface area contributed by atoms with Gasteiger partial charge in [-0.25, -0.2) is 8.42 Å². The molecule has 3 rings (SSSR count). The number of carbonyl (C=O) groups is 1. The number of hydrogen-bond donors (Lipinski definition) is 1. The van der Waals surface area contributed by atoms with Crippen LogP contribution in [0, 0.1) is 0 Å². The predicted octanol–water partition coefficient (Wildman–Crippen LogP) is 3.32. The van der Waals surface area contributed by atoms with Gasteiger partial charge in [-0.05, 0) is 43.2 Å². The Morgan fingerprint density at radius 3 is 2.61 bits per heavy atom. The molecule has 28 heavy (non-hydrogen) atoms. The maximum Gasteiger partial charge on any atom is 0.243 e. The average Bonchev–Trinajstić information content (AvgIpc) is 2.72. The molecular formula is C20H23BrN2O4S. The Bertz CT molecular complexity index is 931. The molecule has 1 aliphatic heterocycles. The molecule has 2 aromatic carbocycles. The SMILES string of the molecule is COc1ccccc1CNC(=O)C1CCCCN1S(=O)(=O)c1ccc(Br)cc1. The number of methoxy groups -OCH3 is 1. The van der Waals surface area contributed by atoms with Crippen molar-refractivity contribution in [3.63, 3.8) is 0 Å². The van der Waals surface area contributed by atoms with Crippen LogP contribution in [-0.2, 0) is 21.4 Å². The molecule has 1 heterocycles.